The summed E-state index contributed by atoms with van der Waals surface area (Å²) in [7, 11) is 0. The highest BCUT2D eigenvalue weighted by Crippen LogP contribution is 2.33. The average Bonchev–Trinajstić information content (AvgIpc) is 3.47. The van der Waals surface area contributed by atoms with Gasteiger partial charge in [0, 0.05) is 6.08 Å². The summed E-state index contributed by atoms with van der Waals surface area (Å²) in [6.07, 6.45) is 8.66. The standard InChI is InChI=1S/C21H35N3O4/c1-4-7-9-18(25)23-17(13-15-10-11-15)21(28)24-16(19(26)20(22)27)12-14(6-3)8-5-2/h4,7,9,14-17,19,26H,1,5-6,8,10-13H2,2-3H3,(H2,22,27)(H,23,25)(H,24,28)/b9-7+. The van der Waals surface area contributed by atoms with Crippen LogP contribution in [0.1, 0.15) is 58.8 Å². The smallest absolute Gasteiger partial charge is 0.248 e. The first kappa shape index (κ1) is 23.9. The lowest BCUT2D eigenvalue weighted by molar-refractivity contribution is -0.132. The van der Waals surface area contributed by atoms with E-state index in [1.807, 2.05) is 6.92 Å². The molecule has 3 amide bonds. The van der Waals surface area contributed by atoms with Crippen LogP contribution in [0.2, 0.25) is 0 Å². The number of carbonyl (C=O) groups is 3. The predicted molar refractivity (Wildman–Crippen MR) is 109 cm³/mol. The Morgan fingerprint density at radius 1 is 1.25 bits per heavy atom. The number of carbonyl (C=O) groups excluding carboxylic acids is 3. The van der Waals surface area contributed by atoms with E-state index in [0.717, 1.165) is 32.1 Å². The van der Waals surface area contributed by atoms with E-state index in [2.05, 4.69) is 24.1 Å². The zero-order valence-corrected chi connectivity index (χ0v) is 17.0. The van der Waals surface area contributed by atoms with E-state index in [4.69, 9.17) is 5.73 Å². The van der Waals surface area contributed by atoms with E-state index >= 15 is 0 Å². The highest BCUT2D eigenvalue weighted by molar-refractivity contribution is 5.93. The van der Waals surface area contributed by atoms with Crippen LogP contribution in [-0.4, -0.2) is 41.0 Å². The molecule has 0 aromatic heterocycles. The first-order chi connectivity index (χ1) is 13.3. The van der Waals surface area contributed by atoms with Crippen LogP contribution in [0.15, 0.2) is 24.8 Å². The maximum Gasteiger partial charge on any atom is 0.248 e. The number of amides is 3. The van der Waals surface area contributed by atoms with Crippen molar-refractivity contribution in [3.8, 4) is 0 Å². The predicted octanol–water partition coefficient (Wildman–Crippen LogP) is 1.56. The van der Waals surface area contributed by atoms with Crippen molar-refractivity contribution in [1.29, 1.82) is 0 Å². The van der Waals surface area contributed by atoms with Gasteiger partial charge in [0.2, 0.25) is 17.7 Å². The Kier molecular flexibility index (Phi) is 10.5. The number of hydrogen-bond donors (Lipinski definition) is 4. The van der Waals surface area contributed by atoms with Crippen LogP contribution in [0.4, 0.5) is 0 Å². The van der Waals surface area contributed by atoms with E-state index in [0.29, 0.717) is 18.8 Å². The van der Waals surface area contributed by atoms with Gasteiger partial charge in [-0.2, -0.15) is 0 Å². The van der Waals surface area contributed by atoms with Gasteiger partial charge in [0.15, 0.2) is 6.10 Å². The van der Waals surface area contributed by atoms with Gasteiger partial charge in [-0.1, -0.05) is 64.7 Å². The molecule has 0 spiro atoms. The van der Waals surface area contributed by atoms with Crippen LogP contribution in [0.3, 0.4) is 0 Å². The molecule has 1 aliphatic rings. The van der Waals surface area contributed by atoms with Crippen molar-refractivity contribution in [3.05, 3.63) is 24.8 Å². The van der Waals surface area contributed by atoms with Crippen molar-refractivity contribution >= 4 is 17.7 Å². The number of hydrogen-bond acceptors (Lipinski definition) is 4. The molecule has 4 unspecified atom stereocenters. The monoisotopic (exact) mass is 393 g/mol. The largest absolute Gasteiger partial charge is 0.381 e. The minimum atomic E-state index is -1.47. The molecule has 1 rings (SSSR count). The Morgan fingerprint density at radius 2 is 1.93 bits per heavy atom. The minimum absolute atomic E-state index is 0.260. The van der Waals surface area contributed by atoms with Gasteiger partial charge in [0.05, 0.1) is 6.04 Å². The summed E-state index contributed by atoms with van der Waals surface area (Å²) in [5.41, 5.74) is 5.28. The van der Waals surface area contributed by atoms with Gasteiger partial charge in [-0.25, -0.2) is 0 Å². The lowest BCUT2D eigenvalue weighted by atomic mass is 9.90. The summed E-state index contributed by atoms with van der Waals surface area (Å²) in [5, 5.41) is 15.7. The molecule has 0 radical (unpaired) electrons. The molecule has 0 aromatic carbocycles. The third-order valence-corrected chi connectivity index (χ3v) is 5.14. The highest BCUT2D eigenvalue weighted by Gasteiger charge is 2.34. The molecule has 4 atom stereocenters. The molecule has 158 valence electrons. The second-order valence-electron chi connectivity index (χ2n) is 7.60. The normalized spacial score (nSPS) is 18.1. The molecule has 28 heavy (non-hydrogen) atoms. The first-order valence-electron chi connectivity index (χ1n) is 10.2. The van der Waals surface area contributed by atoms with Gasteiger partial charge in [-0.3, -0.25) is 14.4 Å². The number of nitrogens with two attached hydrogens (primary N) is 1. The molecule has 1 aliphatic carbocycles. The van der Waals surface area contributed by atoms with E-state index in [9.17, 15) is 19.5 Å². The Bertz CT molecular complexity index is 572. The molecule has 0 saturated heterocycles. The number of primary amides is 1. The number of allylic oxidation sites excluding steroid dienone is 2. The van der Waals surface area contributed by atoms with Gasteiger partial charge in [-0.05, 0) is 24.7 Å². The number of nitrogens with one attached hydrogen (secondary N) is 2. The van der Waals surface area contributed by atoms with E-state index in [1.165, 1.54) is 18.2 Å². The topological polar surface area (TPSA) is 122 Å². The minimum Gasteiger partial charge on any atom is -0.381 e. The zero-order chi connectivity index (χ0) is 21.1. The quantitative estimate of drug-likeness (QED) is 0.264. The average molecular weight is 394 g/mol. The highest BCUT2D eigenvalue weighted by atomic mass is 16.3. The van der Waals surface area contributed by atoms with Gasteiger partial charge in [0.25, 0.3) is 0 Å². The second-order valence-corrected chi connectivity index (χ2v) is 7.60. The van der Waals surface area contributed by atoms with Crippen molar-refractivity contribution in [2.75, 3.05) is 0 Å². The summed E-state index contributed by atoms with van der Waals surface area (Å²) >= 11 is 0. The Balaban J connectivity index is 2.86. The summed E-state index contributed by atoms with van der Waals surface area (Å²) < 4.78 is 0. The summed E-state index contributed by atoms with van der Waals surface area (Å²) in [6.45, 7) is 7.62. The van der Waals surface area contributed by atoms with Crippen LogP contribution in [0, 0.1) is 11.8 Å². The van der Waals surface area contributed by atoms with E-state index in [-0.39, 0.29) is 11.8 Å². The molecule has 1 saturated carbocycles. The molecule has 5 N–H and O–H groups in total. The third kappa shape index (κ3) is 8.69. The third-order valence-electron chi connectivity index (χ3n) is 5.14. The van der Waals surface area contributed by atoms with Crippen molar-refractivity contribution in [2.45, 2.75) is 77.0 Å². The molecular formula is C21H35N3O4. The number of aliphatic hydroxyl groups excluding tert-OH is 1. The molecular weight excluding hydrogens is 358 g/mol. The van der Waals surface area contributed by atoms with E-state index in [1.54, 1.807) is 0 Å². The van der Waals surface area contributed by atoms with Crippen LogP contribution < -0.4 is 16.4 Å². The zero-order valence-electron chi connectivity index (χ0n) is 17.0. The number of aliphatic hydroxyl groups is 1. The lowest BCUT2D eigenvalue weighted by Gasteiger charge is -2.28. The molecule has 1 fully saturated rings. The maximum atomic E-state index is 12.8. The lowest BCUT2D eigenvalue weighted by Crippen LogP contribution is -2.55. The fourth-order valence-electron chi connectivity index (χ4n) is 3.30. The van der Waals surface area contributed by atoms with Crippen molar-refractivity contribution in [1.82, 2.24) is 10.6 Å². The Labute approximate surface area is 167 Å². The SMILES string of the molecule is C=C/C=C/C(=O)NC(CC1CC1)C(=O)NC(CC(CC)CCC)C(O)C(N)=O. The summed E-state index contributed by atoms with van der Waals surface area (Å²) in [4.78, 5) is 36.4. The molecule has 0 aliphatic heterocycles. The van der Waals surface area contributed by atoms with Crippen LogP contribution in [0.5, 0.6) is 0 Å². The van der Waals surface area contributed by atoms with Crippen LogP contribution >= 0.6 is 0 Å². The molecule has 7 nitrogen and oxygen atoms in total. The molecule has 7 heteroatoms. The Morgan fingerprint density at radius 3 is 2.43 bits per heavy atom. The van der Waals surface area contributed by atoms with Crippen LogP contribution in [0.25, 0.3) is 0 Å². The summed E-state index contributed by atoms with van der Waals surface area (Å²) in [6, 6.07) is -1.49. The first-order valence-corrected chi connectivity index (χ1v) is 10.2. The second kappa shape index (κ2) is 12.3. The van der Waals surface area contributed by atoms with Crippen molar-refractivity contribution < 1.29 is 19.5 Å². The van der Waals surface area contributed by atoms with Crippen molar-refractivity contribution in [2.24, 2.45) is 17.6 Å². The fourth-order valence-corrected chi connectivity index (χ4v) is 3.30. The van der Waals surface area contributed by atoms with Crippen molar-refractivity contribution in [3.63, 3.8) is 0 Å². The molecule has 0 heterocycles. The maximum absolute atomic E-state index is 12.8. The van der Waals surface area contributed by atoms with Crippen LogP contribution in [-0.2, 0) is 14.4 Å². The van der Waals surface area contributed by atoms with Gasteiger partial charge in [0.1, 0.15) is 6.04 Å². The van der Waals surface area contributed by atoms with Gasteiger partial charge in [-0.15, -0.1) is 0 Å². The summed E-state index contributed by atoms with van der Waals surface area (Å²) in [5.74, 6) is -0.985. The van der Waals surface area contributed by atoms with E-state index < -0.39 is 30.0 Å². The Hall–Kier alpha value is -2.15. The molecule has 0 aromatic rings. The number of rotatable bonds is 14. The van der Waals surface area contributed by atoms with Gasteiger partial charge >= 0.3 is 0 Å². The van der Waals surface area contributed by atoms with Gasteiger partial charge < -0.3 is 21.5 Å². The molecule has 0 bridgehead atoms. The fraction of sp³-hybridized carbons (Fsp3) is 0.667.